The molecule has 6 aromatic rings. The number of rotatable bonds is 9. The van der Waals surface area contributed by atoms with Crippen molar-refractivity contribution in [1.82, 2.24) is 0 Å². The molecular formula is C54H61B2NO. The first kappa shape index (κ1) is 39.9. The van der Waals surface area contributed by atoms with E-state index < -0.39 is 0 Å². The minimum Gasteiger partial charge on any atom is -0.458 e. The van der Waals surface area contributed by atoms with Gasteiger partial charge < -0.3 is 9.64 Å². The fourth-order valence-corrected chi connectivity index (χ4v) is 9.84. The van der Waals surface area contributed by atoms with Crippen LogP contribution in [0.3, 0.4) is 0 Å². The van der Waals surface area contributed by atoms with Gasteiger partial charge in [-0.1, -0.05) is 179 Å². The van der Waals surface area contributed by atoms with Crippen LogP contribution in [0.2, 0.25) is 0 Å². The summed E-state index contributed by atoms with van der Waals surface area (Å²) in [5.41, 5.74) is 20.3. The lowest BCUT2D eigenvalue weighted by Gasteiger charge is -2.39. The highest BCUT2D eigenvalue weighted by atomic mass is 16.5. The Hall–Kier alpha value is -4.95. The van der Waals surface area contributed by atoms with Gasteiger partial charge in [0.1, 0.15) is 11.5 Å². The Bertz CT molecular complexity index is 2380. The van der Waals surface area contributed by atoms with Crippen LogP contribution in [0.1, 0.15) is 152 Å². The van der Waals surface area contributed by atoms with E-state index in [0.29, 0.717) is 35.5 Å². The van der Waals surface area contributed by atoms with Gasteiger partial charge in [0.15, 0.2) is 0 Å². The van der Waals surface area contributed by atoms with E-state index in [2.05, 4.69) is 203 Å². The van der Waals surface area contributed by atoms with Crippen LogP contribution in [0, 0.1) is 0 Å². The summed E-state index contributed by atoms with van der Waals surface area (Å²) >= 11 is 0. The van der Waals surface area contributed by atoms with Gasteiger partial charge in [0.2, 0.25) is 6.71 Å². The maximum atomic E-state index is 6.98. The second-order valence-corrected chi connectivity index (χ2v) is 18.8. The summed E-state index contributed by atoms with van der Waals surface area (Å²) in [6.45, 7) is 28.3. The molecule has 0 saturated carbocycles. The molecule has 0 radical (unpaired) electrons. The number of ether oxygens (including phenoxy) is 1. The van der Waals surface area contributed by atoms with Crippen LogP contribution in [0.5, 0.6) is 11.5 Å². The molecule has 0 unspecified atom stereocenters. The van der Waals surface area contributed by atoms with E-state index >= 15 is 0 Å². The maximum Gasteiger partial charge on any atom is 0.251 e. The van der Waals surface area contributed by atoms with E-state index in [1.54, 1.807) is 0 Å². The highest BCUT2D eigenvalue weighted by Gasteiger charge is 2.40. The van der Waals surface area contributed by atoms with E-state index in [1.165, 1.54) is 77.5 Å². The van der Waals surface area contributed by atoms with Crippen molar-refractivity contribution in [3.05, 3.63) is 149 Å². The topological polar surface area (TPSA) is 12.5 Å². The van der Waals surface area contributed by atoms with Crippen molar-refractivity contribution in [2.75, 3.05) is 4.90 Å². The Morgan fingerprint density at radius 2 is 0.759 bits per heavy atom. The number of nitrogens with zero attached hydrogens (tertiary/aromatic N) is 1. The second kappa shape index (κ2) is 15.7. The molecule has 8 rings (SSSR count). The van der Waals surface area contributed by atoms with Gasteiger partial charge in [0, 0.05) is 23.1 Å². The first-order valence-electron chi connectivity index (χ1n) is 22.0. The minimum atomic E-state index is 0.0630. The van der Waals surface area contributed by atoms with E-state index in [9.17, 15) is 0 Å². The zero-order valence-electron chi connectivity index (χ0n) is 36.9. The molecular weight excluding hydrogens is 700 g/mol. The molecule has 6 aromatic carbocycles. The standard InChI is InChI=1S/C54H61B2NO/c1-32(2)38-27-41(34(5)6)53(42(28-38)35(7)8)55-45-19-13-16-22-49(45)57(50-23-17-14-20-46(50)55)40-25-26-48-52(31-40)58-51-24-18-15-21-47(51)56(48)54-43(36(9)10)29-39(33(3)4)30-44(54)37(11)12/h13-37H,1-12H3. The normalized spacial score (nSPS) is 13.4. The molecule has 0 saturated heterocycles. The molecule has 0 aromatic heterocycles. The predicted molar refractivity (Wildman–Crippen MR) is 254 cm³/mol. The van der Waals surface area contributed by atoms with Crippen molar-refractivity contribution < 1.29 is 4.74 Å². The van der Waals surface area contributed by atoms with Crippen LogP contribution in [0.15, 0.2) is 115 Å². The van der Waals surface area contributed by atoms with E-state index in [0.717, 1.165) is 17.2 Å². The average molecular weight is 762 g/mol. The summed E-state index contributed by atoms with van der Waals surface area (Å²) in [6, 6.07) is 44.0. The third-order valence-corrected chi connectivity index (χ3v) is 12.9. The molecule has 0 atom stereocenters. The monoisotopic (exact) mass is 761 g/mol. The zero-order valence-corrected chi connectivity index (χ0v) is 36.9. The van der Waals surface area contributed by atoms with Crippen LogP contribution >= 0.6 is 0 Å². The van der Waals surface area contributed by atoms with Gasteiger partial charge in [-0.2, -0.15) is 0 Å². The highest BCUT2D eigenvalue weighted by molar-refractivity contribution is 6.99. The largest absolute Gasteiger partial charge is 0.458 e. The Balaban J connectivity index is 1.34. The van der Waals surface area contributed by atoms with Crippen LogP contribution in [-0.4, -0.2) is 13.4 Å². The van der Waals surface area contributed by atoms with Gasteiger partial charge in [0.25, 0.3) is 6.71 Å². The average Bonchev–Trinajstić information content (AvgIpc) is 3.20. The summed E-state index contributed by atoms with van der Waals surface area (Å²) in [5, 5.41) is 0. The quantitative estimate of drug-likeness (QED) is 0.136. The molecule has 0 N–H and O–H groups in total. The first-order valence-corrected chi connectivity index (χ1v) is 22.0. The lowest BCUT2D eigenvalue weighted by atomic mass is 9.33. The predicted octanol–water partition coefficient (Wildman–Crippen LogP) is 11.3. The second-order valence-electron chi connectivity index (χ2n) is 18.8. The third kappa shape index (κ3) is 6.81. The number of hydrogen-bond donors (Lipinski definition) is 0. The van der Waals surface area contributed by atoms with Crippen LogP contribution in [0.25, 0.3) is 0 Å². The molecule has 0 bridgehead atoms. The third-order valence-electron chi connectivity index (χ3n) is 12.9. The van der Waals surface area contributed by atoms with Gasteiger partial charge in [-0.3, -0.25) is 0 Å². The van der Waals surface area contributed by atoms with E-state index in [4.69, 9.17) is 4.74 Å². The summed E-state index contributed by atoms with van der Waals surface area (Å²) in [6.07, 6.45) is 0. The Morgan fingerprint density at radius 3 is 1.19 bits per heavy atom. The Labute approximate surface area is 350 Å². The van der Waals surface area contributed by atoms with Gasteiger partial charge in [-0.05, 0) is 115 Å². The Kier molecular flexibility index (Phi) is 10.8. The molecule has 0 aliphatic carbocycles. The SMILES string of the molecule is CC(C)c1cc(C(C)C)c(B2c3ccccc3Oc3cc(N4c5ccccc5B(c5c(C(C)C)cc(C(C)C)cc5C(C)C)c5ccccc54)ccc32)c(C(C)C)c1. The number of benzene rings is 6. The number of fused-ring (bicyclic) bond motifs is 4. The van der Waals surface area contributed by atoms with Crippen molar-refractivity contribution in [3.8, 4) is 11.5 Å². The molecule has 0 amide bonds. The molecule has 2 nitrogen and oxygen atoms in total. The van der Waals surface area contributed by atoms with Crippen LogP contribution in [-0.2, 0) is 0 Å². The molecule has 58 heavy (non-hydrogen) atoms. The van der Waals surface area contributed by atoms with Crippen LogP contribution < -0.4 is 42.4 Å². The summed E-state index contributed by atoms with van der Waals surface area (Å²) in [4.78, 5) is 2.49. The van der Waals surface area contributed by atoms with E-state index in [1.807, 2.05) is 0 Å². The number of para-hydroxylation sites is 3. The van der Waals surface area contributed by atoms with Gasteiger partial charge in [-0.25, -0.2) is 0 Å². The smallest absolute Gasteiger partial charge is 0.251 e. The zero-order chi connectivity index (χ0) is 41.2. The molecule has 0 spiro atoms. The summed E-state index contributed by atoms with van der Waals surface area (Å²) in [5.74, 6) is 4.36. The fraction of sp³-hybridized carbons (Fsp3) is 0.333. The highest BCUT2D eigenvalue weighted by Crippen LogP contribution is 2.40. The summed E-state index contributed by atoms with van der Waals surface area (Å²) in [7, 11) is 0. The van der Waals surface area contributed by atoms with Crippen molar-refractivity contribution >= 4 is 63.3 Å². The molecule has 0 fully saturated rings. The Morgan fingerprint density at radius 1 is 0.379 bits per heavy atom. The molecule has 4 heteroatoms. The number of anilines is 3. The van der Waals surface area contributed by atoms with Gasteiger partial charge in [-0.15, -0.1) is 0 Å². The molecule has 2 aliphatic rings. The van der Waals surface area contributed by atoms with E-state index in [-0.39, 0.29) is 13.4 Å². The van der Waals surface area contributed by atoms with Crippen LogP contribution in [0.4, 0.5) is 17.1 Å². The lowest BCUT2D eigenvalue weighted by molar-refractivity contribution is 0.487. The summed E-state index contributed by atoms with van der Waals surface area (Å²) < 4.78 is 6.98. The minimum absolute atomic E-state index is 0.0630. The first-order chi connectivity index (χ1) is 27.8. The molecule has 294 valence electrons. The van der Waals surface area contributed by atoms with Gasteiger partial charge >= 0.3 is 0 Å². The molecule has 2 heterocycles. The maximum absolute atomic E-state index is 6.98. The lowest BCUT2D eigenvalue weighted by Crippen LogP contribution is -2.59. The van der Waals surface area contributed by atoms with Gasteiger partial charge in [0.05, 0.1) is 0 Å². The number of hydrogen-bond acceptors (Lipinski definition) is 2. The van der Waals surface area contributed by atoms with Crippen molar-refractivity contribution in [2.45, 2.75) is 119 Å². The fourth-order valence-electron chi connectivity index (χ4n) is 9.84. The van der Waals surface area contributed by atoms with Crippen molar-refractivity contribution in [3.63, 3.8) is 0 Å². The van der Waals surface area contributed by atoms with Crippen molar-refractivity contribution in [1.29, 1.82) is 0 Å². The molecule has 2 aliphatic heterocycles. The van der Waals surface area contributed by atoms with Crippen molar-refractivity contribution in [2.24, 2.45) is 0 Å².